The van der Waals surface area contributed by atoms with Crippen molar-refractivity contribution in [1.29, 1.82) is 0 Å². The van der Waals surface area contributed by atoms with Gasteiger partial charge in [-0.3, -0.25) is 4.90 Å². The molecule has 1 heterocycles. The van der Waals surface area contributed by atoms with E-state index in [1.807, 2.05) is 0 Å². The predicted molar refractivity (Wildman–Crippen MR) is 52.0 cm³/mol. The fourth-order valence-corrected chi connectivity index (χ4v) is 2.65. The van der Waals surface area contributed by atoms with E-state index in [-0.39, 0.29) is 0 Å². The molecule has 0 radical (unpaired) electrons. The highest BCUT2D eigenvalue weighted by molar-refractivity contribution is 5.07. The summed E-state index contributed by atoms with van der Waals surface area (Å²) in [6, 6.07) is 1.65. The van der Waals surface area contributed by atoms with E-state index in [1.54, 1.807) is 0 Å². The lowest BCUT2D eigenvalue weighted by Gasteiger charge is -2.33. The summed E-state index contributed by atoms with van der Waals surface area (Å²) in [7, 11) is 0. The number of allylic oxidation sites excluding steroid dienone is 1. The Hall–Kier alpha value is -0.300. The molecule has 1 aliphatic carbocycles. The Balaban J connectivity index is 1.98. The highest BCUT2D eigenvalue weighted by Gasteiger charge is 2.48. The number of hydrogen-bond donors (Lipinski definition) is 0. The van der Waals surface area contributed by atoms with Gasteiger partial charge in [0, 0.05) is 12.1 Å². The normalized spacial score (nSPS) is 41.1. The van der Waals surface area contributed by atoms with E-state index in [0.29, 0.717) is 0 Å². The highest BCUT2D eigenvalue weighted by atomic mass is 15.2. The van der Waals surface area contributed by atoms with Gasteiger partial charge in [-0.2, -0.15) is 0 Å². The summed E-state index contributed by atoms with van der Waals surface area (Å²) in [4.78, 5) is 2.66. The Morgan fingerprint density at radius 2 is 2.25 bits per heavy atom. The van der Waals surface area contributed by atoms with Crippen LogP contribution < -0.4 is 0 Å². The zero-order valence-electron chi connectivity index (χ0n) is 8.16. The summed E-state index contributed by atoms with van der Waals surface area (Å²) in [5.41, 5.74) is 0. The van der Waals surface area contributed by atoms with Crippen LogP contribution in [0.2, 0.25) is 0 Å². The second-order valence-electron chi connectivity index (χ2n) is 4.49. The van der Waals surface area contributed by atoms with Gasteiger partial charge < -0.3 is 0 Å². The molecule has 1 aliphatic heterocycles. The lowest BCUT2D eigenvalue weighted by Crippen LogP contribution is -2.39. The van der Waals surface area contributed by atoms with Gasteiger partial charge in [0.1, 0.15) is 0 Å². The first-order chi connectivity index (χ1) is 5.74. The van der Waals surface area contributed by atoms with Gasteiger partial charge in [-0.25, -0.2) is 0 Å². The minimum atomic E-state index is 0.741. The molecule has 1 saturated carbocycles. The van der Waals surface area contributed by atoms with Gasteiger partial charge in [-0.1, -0.05) is 6.08 Å². The van der Waals surface area contributed by atoms with Crippen LogP contribution in [0.4, 0.5) is 0 Å². The van der Waals surface area contributed by atoms with Gasteiger partial charge in [-0.05, 0) is 45.1 Å². The number of rotatable bonds is 2. The molecule has 2 aliphatic rings. The van der Waals surface area contributed by atoms with Crippen LogP contribution in [-0.2, 0) is 0 Å². The van der Waals surface area contributed by atoms with Crippen molar-refractivity contribution in [1.82, 2.24) is 4.90 Å². The van der Waals surface area contributed by atoms with E-state index in [4.69, 9.17) is 0 Å². The smallest absolute Gasteiger partial charge is 0.0136 e. The summed E-state index contributed by atoms with van der Waals surface area (Å²) in [5, 5.41) is 0. The van der Waals surface area contributed by atoms with Crippen molar-refractivity contribution in [3.63, 3.8) is 0 Å². The molecule has 2 rings (SSSR count). The molecule has 1 heteroatoms. The molecule has 1 nitrogen and oxygen atoms in total. The van der Waals surface area contributed by atoms with Crippen LogP contribution in [0.25, 0.3) is 0 Å². The topological polar surface area (TPSA) is 3.24 Å². The van der Waals surface area contributed by atoms with E-state index >= 15 is 0 Å². The van der Waals surface area contributed by atoms with Crippen molar-refractivity contribution in [3.05, 3.63) is 12.7 Å². The van der Waals surface area contributed by atoms with Gasteiger partial charge in [0.15, 0.2) is 0 Å². The first-order valence-corrected chi connectivity index (χ1v) is 5.12. The molecule has 0 amide bonds. The molecule has 0 bridgehead atoms. The van der Waals surface area contributed by atoms with E-state index < -0.39 is 0 Å². The van der Waals surface area contributed by atoms with Gasteiger partial charge in [-0.15, -0.1) is 6.58 Å². The van der Waals surface area contributed by atoms with E-state index in [2.05, 4.69) is 31.4 Å². The number of fused-ring (bicyclic) bond motifs is 1. The fraction of sp³-hybridized carbons (Fsp3) is 0.818. The van der Waals surface area contributed by atoms with Crippen LogP contribution in [0.1, 0.15) is 26.7 Å². The first-order valence-electron chi connectivity index (χ1n) is 5.12. The Labute approximate surface area is 75.4 Å². The lowest BCUT2D eigenvalue weighted by atomic mass is 9.95. The van der Waals surface area contributed by atoms with Crippen molar-refractivity contribution >= 4 is 0 Å². The van der Waals surface area contributed by atoms with Crippen LogP contribution in [-0.4, -0.2) is 23.5 Å². The molecule has 1 saturated heterocycles. The van der Waals surface area contributed by atoms with Gasteiger partial charge >= 0.3 is 0 Å². The molecule has 12 heavy (non-hydrogen) atoms. The summed E-state index contributed by atoms with van der Waals surface area (Å²) < 4.78 is 0. The third kappa shape index (κ3) is 1.20. The fourth-order valence-electron chi connectivity index (χ4n) is 2.65. The number of hydrogen-bond acceptors (Lipinski definition) is 1. The lowest BCUT2D eigenvalue weighted by molar-refractivity contribution is 0.153. The van der Waals surface area contributed by atoms with Crippen molar-refractivity contribution < 1.29 is 0 Å². The first kappa shape index (κ1) is 8.31. The van der Waals surface area contributed by atoms with Gasteiger partial charge in [0.25, 0.3) is 0 Å². The van der Waals surface area contributed by atoms with Crippen LogP contribution in [0.5, 0.6) is 0 Å². The maximum atomic E-state index is 3.91. The molecule has 2 unspecified atom stereocenters. The van der Waals surface area contributed by atoms with E-state index in [1.165, 1.54) is 19.4 Å². The van der Waals surface area contributed by atoms with Crippen LogP contribution in [0.15, 0.2) is 12.7 Å². The summed E-state index contributed by atoms with van der Waals surface area (Å²) in [5.74, 6) is 1.78. The third-order valence-electron chi connectivity index (χ3n) is 3.47. The van der Waals surface area contributed by atoms with Crippen LogP contribution in [0, 0.1) is 11.8 Å². The molecular formula is C11H19N. The SMILES string of the molecule is C=CC1CCN(C(C)C)[C@H]2CC12. The summed E-state index contributed by atoms with van der Waals surface area (Å²) >= 11 is 0. The maximum Gasteiger partial charge on any atom is 0.0136 e. The third-order valence-corrected chi connectivity index (χ3v) is 3.47. The average molecular weight is 165 g/mol. The Morgan fingerprint density at radius 3 is 2.83 bits per heavy atom. The van der Waals surface area contributed by atoms with Crippen molar-refractivity contribution in [2.45, 2.75) is 38.8 Å². The van der Waals surface area contributed by atoms with E-state index in [9.17, 15) is 0 Å². The molecule has 68 valence electrons. The molecule has 0 spiro atoms. The largest absolute Gasteiger partial charge is 0.298 e. The summed E-state index contributed by atoms with van der Waals surface area (Å²) in [6.07, 6.45) is 4.93. The molecule has 2 fully saturated rings. The minimum Gasteiger partial charge on any atom is -0.298 e. The van der Waals surface area contributed by atoms with Crippen molar-refractivity contribution in [2.75, 3.05) is 6.54 Å². The second-order valence-corrected chi connectivity index (χ2v) is 4.49. The molecular weight excluding hydrogens is 146 g/mol. The minimum absolute atomic E-state index is 0.741. The second kappa shape index (κ2) is 2.88. The van der Waals surface area contributed by atoms with Crippen molar-refractivity contribution in [3.8, 4) is 0 Å². The zero-order valence-corrected chi connectivity index (χ0v) is 8.16. The van der Waals surface area contributed by atoms with Crippen LogP contribution >= 0.6 is 0 Å². The Morgan fingerprint density at radius 1 is 1.50 bits per heavy atom. The van der Waals surface area contributed by atoms with Gasteiger partial charge in [0.2, 0.25) is 0 Å². The highest BCUT2D eigenvalue weighted by Crippen LogP contribution is 2.47. The molecule has 0 aromatic carbocycles. The van der Waals surface area contributed by atoms with Crippen LogP contribution in [0.3, 0.4) is 0 Å². The Kier molecular flexibility index (Phi) is 1.99. The average Bonchev–Trinajstić information content (AvgIpc) is 2.80. The molecule has 0 aromatic rings. The summed E-state index contributed by atoms with van der Waals surface area (Å²) in [6.45, 7) is 9.82. The standard InChI is InChI=1S/C11H19N/c1-4-9-5-6-12(8(2)3)11-7-10(9)11/h4,8-11H,1,5-7H2,2-3H3/t9?,10?,11-/m0/s1. The van der Waals surface area contributed by atoms with Gasteiger partial charge in [0.05, 0.1) is 0 Å². The Bertz CT molecular complexity index is 185. The quantitative estimate of drug-likeness (QED) is 0.567. The van der Waals surface area contributed by atoms with Crippen molar-refractivity contribution in [2.24, 2.45) is 11.8 Å². The monoisotopic (exact) mass is 165 g/mol. The maximum absolute atomic E-state index is 3.91. The number of likely N-dealkylation sites (tertiary alicyclic amines) is 1. The molecule has 0 aromatic heterocycles. The number of piperidine rings is 1. The zero-order chi connectivity index (χ0) is 8.72. The predicted octanol–water partition coefficient (Wildman–Crippen LogP) is 2.29. The van der Waals surface area contributed by atoms with E-state index in [0.717, 1.165) is 23.9 Å². The molecule has 3 atom stereocenters. The number of nitrogens with zero attached hydrogens (tertiary/aromatic N) is 1. The molecule has 0 N–H and O–H groups in total.